The first-order valence-electron chi connectivity index (χ1n) is 11.5. The van der Waals surface area contributed by atoms with Gasteiger partial charge in [0.2, 0.25) is 17.3 Å². The maximum atomic E-state index is 13.8. The summed E-state index contributed by atoms with van der Waals surface area (Å²) in [4.78, 5) is 37.8. The minimum absolute atomic E-state index is 0.187. The maximum Gasteiger partial charge on any atom is 0.647 e. The highest BCUT2D eigenvalue weighted by Gasteiger charge is 2.42. The van der Waals surface area contributed by atoms with Crippen molar-refractivity contribution in [2.45, 2.75) is 59.3 Å². The van der Waals surface area contributed by atoms with Crippen LogP contribution in [0, 0.1) is 0 Å². The van der Waals surface area contributed by atoms with E-state index in [0.29, 0.717) is 19.3 Å². The Hall–Kier alpha value is -1.000. The fourth-order valence-electron chi connectivity index (χ4n) is 2.25. The van der Waals surface area contributed by atoms with Crippen molar-refractivity contribution in [3.8, 4) is 0 Å². The van der Waals surface area contributed by atoms with Crippen LogP contribution in [0.25, 0.3) is 0 Å². The number of carbonyl (C=O) groups is 3. The van der Waals surface area contributed by atoms with Crippen molar-refractivity contribution in [2.24, 2.45) is 0 Å². The number of rotatable bonds is 18. The number of amides is 3. The minimum Gasteiger partial charge on any atom is -0.377 e. The summed E-state index contributed by atoms with van der Waals surface area (Å²) in [5.41, 5.74) is 0. The fourth-order valence-corrected chi connectivity index (χ4v) is 4.63. The van der Waals surface area contributed by atoms with Crippen molar-refractivity contribution in [3.05, 3.63) is 30.8 Å². The van der Waals surface area contributed by atoms with E-state index in [4.69, 9.17) is 83.2 Å². The van der Waals surface area contributed by atoms with Crippen LogP contribution in [0.1, 0.15) is 59.3 Å². The molecule has 0 unspecified atom stereocenters. The Balaban J connectivity index is 6.44. The predicted molar refractivity (Wildman–Crippen MR) is 151 cm³/mol. The average Bonchev–Trinajstić information content (AvgIpc) is 2.84. The highest BCUT2D eigenvalue weighted by atomic mass is 35.5. The molecule has 0 aromatic heterocycles. The van der Waals surface area contributed by atoms with Gasteiger partial charge in [0.05, 0.1) is 0 Å². The second-order valence-electron chi connectivity index (χ2n) is 7.32. The molecule has 0 rings (SSSR count). The van der Waals surface area contributed by atoms with Gasteiger partial charge in [-0.05, 0) is 19.3 Å². The Bertz CT molecular complexity index is 844. The van der Waals surface area contributed by atoms with E-state index in [-0.39, 0.29) is 19.6 Å². The van der Waals surface area contributed by atoms with E-state index in [9.17, 15) is 18.9 Å². The van der Waals surface area contributed by atoms with E-state index in [1.807, 2.05) is 20.8 Å². The standard InChI is InChI=1S/C21H30Cl6N3O7P/c1-4-7-10-28-19(31)13(16(22)23)35-38(34,36-14(17(24)25)20(32)29-11-8-5-2)37-15(18(26)27)21(33)30-12-9-6-3/h4-12H2,1-3H3,(H,28,31)(H,29,32)(H,30,33). The van der Waals surface area contributed by atoms with Gasteiger partial charge in [0.15, 0.2) is 13.5 Å². The van der Waals surface area contributed by atoms with Crippen LogP contribution in [0.4, 0.5) is 0 Å². The van der Waals surface area contributed by atoms with Crippen molar-refractivity contribution < 1.29 is 32.5 Å². The zero-order valence-corrected chi connectivity index (χ0v) is 26.4. The van der Waals surface area contributed by atoms with Gasteiger partial charge in [-0.15, -0.1) is 0 Å². The first kappa shape index (κ1) is 37.0. The molecule has 0 aliphatic heterocycles. The van der Waals surface area contributed by atoms with E-state index in [1.54, 1.807) is 0 Å². The lowest BCUT2D eigenvalue weighted by molar-refractivity contribution is -0.120. The summed E-state index contributed by atoms with van der Waals surface area (Å²) in [7, 11) is -5.29. The molecule has 0 aromatic carbocycles. The molecule has 218 valence electrons. The van der Waals surface area contributed by atoms with Crippen LogP contribution < -0.4 is 16.0 Å². The van der Waals surface area contributed by atoms with Crippen molar-refractivity contribution >= 4 is 95.1 Å². The predicted octanol–water partition coefficient (Wildman–Crippen LogP) is 6.83. The molecule has 0 fully saturated rings. The molecule has 17 heteroatoms. The topological polar surface area (TPSA) is 132 Å². The molecule has 0 aliphatic rings. The van der Waals surface area contributed by atoms with E-state index in [1.165, 1.54) is 0 Å². The van der Waals surface area contributed by atoms with Crippen LogP contribution in [-0.4, -0.2) is 37.4 Å². The highest BCUT2D eigenvalue weighted by Crippen LogP contribution is 2.56. The van der Waals surface area contributed by atoms with Crippen LogP contribution in [0.2, 0.25) is 0 Å². The summed E-state index contributed by atoms with van der Waals surface area (Å²) in [5, 5.41) is 7.33. The van der Waals surface area contributed by atoms with E-state index < -0.39 is 56.3 Å². The number of carbonyl (C=O) groups excluding carboxylic acids is 3. The monoisotopic (exact) mass is 677 g/mol. The van der Waals surface area contributed by atoms with E-state index in [0.717, 1.165) is 19.3 Å². The van der Waals surface area contributed by atoms with Crippen LogP contribution in [0.15, 0.2) is 30.8 Å². The smallest absolute Gasteiger partial charge is 0.377 e. The molecule has 0 heterocycles. The Morgan fingerprint density at radius 1 is 0.553 bits per heavy atom. The van der Waals surface area contributed by atoms with Gasteiger partial charge >= 0.3 is 7.82 Å². The van der Waals surface area contributed by atoms with Crippen molar-refractivity contribution in [3.63, 3.8) is 0 Å². The summed E-state index contributed by atoms with van der Waals surface area (Å²) in [6.07, 6.45) is 3.98. The molecule has 10 nitrogen and oxygen atoms in total. The Morgan fingerprint density at radius 3 is 0.974 bits per heavy atom. The van der Waals surface area contributed by atoms with Gasteiger partial charge in [-0.2, -0.15) is 4.57 Å². The number of phosphoric acid groups is 1. The van der Waals surface area contributed by atoms with Crippen molar-refractivity contribution in [2.75, 3.05) is 19.6 Å². The fraction of sp³-hybridized carbons (Fsp3) is 0.571. The second-order valence-corrected chi connectivity index (χ2v) is 11.6. The molecule has 3 amide bonds. The third kappa shape index (κ3) is 14.4. The summed E-state index contributed by atoms with van der Waals surface area (Å²) < 4.78 is 26.9. The highest BCUT2D eigenvalue weighted by molar-refractivity contribution is 7.49. The van der Waals surface area contributed by atoms with Gasteiger partial charge in [0.1, 0.15) is 0 Å². The lowest BCUT2D eigenvalue weighted by Crippen LogP contribution is -2.30. The van der Waals surface area contributed by atoms with E-state index in [2.05, 4.69) is 16.0 Å². The molecule has 0 aliphatic carbocycles. The molecule has 0 radical (unpaired) electrons. The molecule has 38 heavy (non-hydrogen) atoms. The minimum atomic E-state index is -5.29. The van der Waals surface area contributed by atoms with Gasteiger partial charge < -0.3 is 29.5 Å². The van der Waals surface area contributed by atoms with Gasteiger partial charge in [-0.3, -0.25) is 14.4 Å². The van der Waals surface area contributed by atoms with E-state index >= 15 is 0 Å². The first-order valence-corrected chi connectivity index (χ1v) is 15.2. The number of unbranched alkanes of at least 4 members (excludes halogenated alkanes) is 3. The van der Waals surface area contributed by atoms with Crippen LogP contribution >= 0.6 is 77.4 Å². The zero-order chi connectivity index (χ0) is 29.3. The van der Waals surface area contributed by atoms with Gasteiger partial charge in [-0.25, -0.2) is 0 Å². The lowest BCUT2D eigenvalue weighted by atomic mass is 10.3. The molecule has 0 spiro atoms. The molecule has 3 N–H and O–H groups in total. The third-order valence-corrected chi connectivity index (χ3v) is 6.44. The van der Waals surface area contributed by atoms with Gasteiger partial charge in [0.25, 0.3) is 17.7 Å². The summed E-state index contributed by atoms with van der Waals surface area (Å²) in [6.45, 7) is 6.21. The molecular weight excluding hydrogens is 650 g/mol. The second kappa shape index (κ2) is 20.0. The Labute approximate surface area is 252 Å². The number of phosphoric ester groups is 1. The van der Waals surface area contributed by atoms with Crippen LogP contribution in [0.5, 0.6) is 0 Å². The quantitative estimate of drug-likeness (QED) is 0.0626. The lowest BCUT2D eigenvalue weighted by Gasteiger charge is -2.22. The van der Waals surface area contributed by atoms with Gasteiger partial charge in [0, 0.05) is 19.6 Å². The maximum absolute atomic E-state index is 13.8. The molecule has 0 saturated carbocycles. The zero-order valence-electron chi connectivity index (χ0n) is 20.9. The van der Waals surface area contributed by atoms with Crippen LogP contribution in [0.3, 0.4) is 0 Å². The normalized spacial score (nSPS) is 10.6. The summed E-state index contributed by atoms with van der Waals surface area (Å²) in [5.74, 6) is -5.76. The summed E-state index contributed by atoms with van der Waals surface area (Å²) in [6, 6.07) is 0. The number of halogens is 6. The Morgan fingerprint density at radius 2 is 0.789 bits per heavy atom. The molecule has 0 aromatic rings. The molecule has 0 saturated heterocycles. The van der Waals surface area contributed by atoms with Gasteiger partial charge in [-0.1, -0.05) is 110 Å². The number of hydrogen-bond donors (Lipinski definition) is 3. The average molecular weight is 680 g/mol. The Kier molecular flexibility index (Phi) is 19.4. The van der Waals surface area contributed by atoms with Crippen molar-refractivity contribution in [1.82, 2.24) is 16.0 Å². The number of hydrogen-bond acceptors (Lipinski definition) is 7. The first-order chi connectivity index (χ1) is 17.8. The molecule has 0 bridgehead atoms. The molecular formula is C21H30Cl6N3O7P. The SMILES string of the molecule is CCCCNC(=O)C(OP(=O)(OC(C(=O)NCCCC)=C(Cl)Cl)OC(C(=O)NCCCC)=C(Cl)Cl)=C(Cl)Cl. The number of nitrogens with one attached hydrogen (secondary N) is 3. The summed E-state index contributed by atoms with van der Waals surface area (Å²) >= 11 is 34.7. The third-order valence-electron chi connectivity index (χ3n) is 4.19. The largest absolute Gasteiger partial charge is 0.647 e. The van der Waals surface area contributed by atoms with Crippen LogP contribution in [-0.2, 0) is 32.5 Å². The molecule has 0 atom stereocenters. The van der Waals surface area contributed by atoms with Crippen molar-refractivity contribution in [1.29, 1.82) is 0 Å².